The molecule has 0 bridgehead atoms. The van der Waals surface area contributed by atoms with Gasteiger partial charge in [-0.3, -0.25) is 14.4 Å². The minimum Gasteiger partial charge on any atom is -0.352 e. The third-order valence-corrected chi connectivity index (χ3v) is 4.59. The first kappa shape index (κ1) is 18.8. The first-order chi connectivity index (χ1) is 10.9. The molecule has 2 heterocycles. The highest BCUT2D eigenvalue weighted by molar-refractivity contribution is 5.79. The van der Waals surface area contributed by atoms with Crippen molar-refractivity contribution >= 4 is 5.91 Å². The van der Waals surface area contributed by atoms with Gasteiger partial charge in [0.15, 0.2) is 0 Å². The quantitative estimate of drug-likeness (QED) is 0.913. The molecular formula is C16H25F3N4O. The Hall–Kier alpha value is -1.57. The maximum absolute atomic E-state index is 13.3. The molecule has 24 heavy (non-hydrogen) atoms. The first-order valence-corrected chi connectivity index (χ1v) is 7.98. The van der Waals surface area contributed by atoms with Gasteiger partial charge < -0.3 is 5.32 Å². The van der Waals surface area contributed by atoms with Gasteiger partial charge in [-0.2, -0.15) is 18.3 Å². The lowest BCUT2D eigenvalue weighted by Gasteiger charge is -2.31. The number of amides is 1. The molecule has 0 saturated carbocycles. The second-order valence-corrected chi connectivity index (χ2v) is 7.46. The van der Waals surface area contributed by atoms with Gasteiger partial charge in [0, 0.05) is 44.0 Å². The predicted octanol–water partition coefficient (Wildman–Crippen LogP) is 2.25. The number of nitrogens with zero attached hydrogens (tertiary/aromatic N) is 3. The third kappa shape index (κ3) is 4.09. The molecule has 1 aliphatic rings. The van der Waals surface area contributed by atoms with E-state index in [0.29, 0.717) is 0 Å². The van der Waals surface area contributed by atoms with Crippen LogP contribution < -0.4 is 5.32 Å². The highest BCUT2D eigenvalue weighted by Crippen LogP contribution is 2.40. The minimum atomic E-state index is -4.38. The molecule has 1 N–H and O–H groups in total. The molecule has 8 heteroatoms. The average Bonchev–Trinajstić information content (AvgIpc) is 2.99. The van der Waals surface area contributed by atoms with Gasteiger partial charge in [0.1, 0.15) is 0 Å². The molecule has 0 unspecified atom stereocenters. The van der Waals surface area contributed by atoms with Crippen LogP contribution in [0.3, 0.4) is 0 Å². The molecule has 2 rings (SSSR count). The van der Waals surface area contributed by atoms with Crippen molar-refractivity contribution in [1.82, 2.24) is 20.0 Å². The van der Waals surface area contributed by atoms with Crippen LogP contribution in [0, 0.1) is 18.8 Å². The molecular weight excluding hydrogens is 321 g/mol. The Morgan fingerprint density at radius 1 is 1.33 bits per heavy atom. The van der Waals surface area contributed by atoms with Crippen LogP contribution in [0.15, 0.2) is 6.20 Å². The highest BCUT2D eigenvalue weighted by atomic mass is 19.4. The van der Waals surface area contributed by atoms with E-state index < -0.39 is 29.5 Å². The Morgan fingerprint density at radius 3 is 2.42 bits per heavy atom. The van der Waals surface area contributed by atoms with Crippen LogP contribution in [-0.2, 0) is 18.4 Å². The normalized spacial score (nSPS) is 22.8. The number of aryl methyl sites for hydroxylation is 2. The van der Waals surface area contributed by atoms with Gasteiger partial charge in [-0.25, -0.2) is 0 Å². The van der Waals surface area contributed by atoms with E-state index in [1.165, 1.54) is 0 Å². The molecule has 1 aromatic heterocycles. The van der Waals surface area contributed by atoms with E-state index in [1.807, 2.05) is 20.8 Å². The van der Waals surface area contributed by atoms with Gasteiger partial charge in [0.2, 0.25) is 5.91 Å². The van der Waals surface area contributed by atoms with Gasteiger partial charge in [-0.05, 0) is 27.7 Å². The van der Waals surface area contributed by atoms with Gasteiger partial charge in [0.25, 0.3) is 0 Å². The van der Waals surface area contributed by atoms with Crippen molar-refractivity contribution in [3.8, 4) is 0 Å². The Balaban J connectivity index is 2.09. The van der Waals surface area contributed by atoms with Crippen LogP contribution in [0.5, 0.6) is 0 Å². The fourth-order valence-electron chi connectivity index (χ4n) is 3.08. The second kappa shape index (κ2) is 6.38. The van der Waals surface area contributed by atoms with Crippen molar-refractivity contribution in [3.05, 3.63) is 17.5 Å². The number of carbonyl (C=O) groups is 1. The van der Waals surface area contributed by atoms with Crippen LogP contribution in [0.4, 0.5) is 13.2 Å². The SMILES string of the molecule is Cc1nn(C)cc1CNC(=O)[C@@H]1CN(C(C)(C)C)C[C@H]1C(F)(F)F. The molecule has 136 valence electrons. The topological polar surface area (TPSA) is 50.2 Å². The molecule has 1 aliphatic heterocycles. The summed E-state index contributed by atoms with van der Waals surface area (Å²) in [6.45, 7) is 7.55. The molecule has 5 nitrogen and oxygen atoms in total. The van der Waals surface area contributed by atoms with E-state index in [9.17, 15) is 18.0 Å². The maximum atomic E-state index is 13.3. The minimum absolute atomic E-state index is 0.117. The summed E-state index contributed by atoms with van der Waals surface area (Å²) in [4.78, 5) is 14.1. The number of aromatic nitrogens is 2. The lowest BCUT2D eigenvalue weighted by atomic mass is 9.94. The Morgan fingerprint density at radius 2 is 1.96 bits per heavy atom. The zero-order valence-corrected chi connectivity index (χ0v) is 14.7. The summed E-state index contributed by atoms with van der Waals surface area (Å²) in [5, 5.41) is 6.81. The summed E-state index contributed by atoms with van der Waals surface area (Å²) >= 11 is 0. The van der Waals surface area contributed by atoms with Crippen molar-refractivity contribution < 1.29 is 18.0 Å². The Bertz CT molecular complexity index is 603. The van der Waals surface area contributed by atoms with Crippen LogP contribution in [0.25, 0.3) is 0 Å². The van der Waals surface area contributed by atoms with Crippen LogP contribution in [-0.4, -0.2) is 45.4 Å². The Kier molecular flexibility index (Phi) is 4.99. The molecule has 0 aliphatic carbocycles. The number of alkyl halides is 3. The summed E-state index contributed by atoms with van der Waals surface area (Å²) in [5.41, 5.74) is 1.16. The summed E-state index contributed by atoms with van der Waals surface area (Å²) in [7, 11) is 1.76. The second-order valence-electron chi connectivity index (χ2n) is 7.46. The van der Waals surface area contributed by atoms with Gasteiger partial charge in [-0.15, -0.1) is 0 Å². The predicted molar refractivity (Wildman–Crippen MR) is 84.2 cm³/mol. The molecule has 0 aromatic carbocycles. The number of hydrogen-bond acceptors (Lipinski definition) is 3. The fraction of sp³-hybridized carbons (Fsp3) is 0.750. The fourth-order valence-corrected chi connectivity index (χ4v) is 3.08. The van der Waals surface area contributed by atoms with E-state index in [0.717, 1.165) is 11.3 Å². The largest absolute Gasteiger partial charge is 0.393 e. The number of hydrogen-bond donors (Lipinski definition) is 1. The molecule has 2 atom stereocenters. The molecule has 1 amide bonds. The third-order valence-electron chi connectivity index (χ3n) is 4.59. The van der Waals surface area contributed by atoms with Crippen LogP contribution >= 0.6 is 0 Å². The van der Waals surface area contributed by atoms with E-state index in [-0.39, 0.29) is 19.6 Å². The zero-order valence-electron chi connectivity index (χ0n) is 14.7. The van der Waals surface area contributed by atoms with Crippen LogP contribution in [0.2, 0.25) is 0 Å². The summed E-state index contributed by atoms with van der Waals surface area (Å²) in [6, 6.07) is 0. The first-order valence-electron chi connectivity index (χ1n) is 7.98. The van der Waals surface area contributed by atoms with E-state index in [4.69, 9.17) is 0 Å². The van der Waals surface area contributed by atoms with Gasteiger partial charge in [0.05, 0.1) is 17.5 Å². The monoisotopic (exact) mass is 346 g/mol. The van der Waals surface area contributed by atoms with Crippen molar-refractivity contribution in [2.24, 2.45) is 18.9 Å². The molecule has 0 radical (unpaired) electrons. The zero-order chi connectivity index (χ0) is 18.3. The molecule has 1 aromatic rings. The summed E-state index contributed by atoms with van der Waals surface area (Å²) in [5.74, 6) is -3.26. The standard InChI is InChI=1S/C16H25F3N4O/c1-10-11(7-22(5)21-10)6-20-14(24)12-8-23(15(2,3)4)9-13(12)16(17,18)19/h7,12-13H,6,8-9H2,1-5H3,(H,20,24)/t12-,13-/m1/s1. The smallest absolute Gasteiger partial charge is 0.352 e. The summed E-state index contributed by atoms with van der Waals surface area (Å²) < 4.78 is 41.6. The van der Waals surface area contributed by atoms with Crippen LogP contribution in [0.1, 0.15) is 32.0 Å². The van der Waals surface area contributed by atoms with Crippen molar-refractivity contribution in [1.29, 1.82) is 0 Å². The number of halogens is 3. The van der Waals surface area contributed by atoms with Crippen molar-refractivity contribution in [3.63, 3.8) is 0 Å². The van der Waals surface area contributed by atoms with Crippen molar-refractivity contribution in [2.45, 2.75) is 46.0 Å². The molecule has 1 fully saturated rings. The van der Waals surface area contributed by atoms with Crippen molar-refractivity contribution in [2.75, 3.05) is 13.1 Å². The van der Waals surface area contributed by atoms with E-state index in [2.05, 4.69) is 10.4 Å². The van der Waals surface area contributed by atoms with E-state index in [1.54, 1.807) is 29.7 Å². The number of likely N-dealkylation sites (tertiary alicyclic amines) is 1. The van der Waals surface area contributed by atoms with Gasteiger partial charge >= 0.3 is 6.18 Å². The summed E-state index contributed by atoms with van der Waals surface area (Å²) in [6.07, 6.45) is -2.63. The maximum Gasteiger partial charge on any atom is 0.393 e. The van der Waals surface area contributed by atoms with Gasteiger partial charge in [-0.1, -0.05) is 0 Å². The highest BCUT2D eigenvalue weighted by Gasteiger charge is 2.53. The molecule has 1 saturated heterocycles. The lowest BCUT2D eigenvalue weighted by Crippen LogP contribution is -2.41. The average molecular weight is 346 g/mol. The lowest BCUT2D eigenvalue weighted by molar-refractivity contribution is -0.183. The van der Waals surface area contributed by atoms with E-state index >= 15 is 0 Å². The number of nitrogens with one attached hydrogen (secondary N) is 1. The number of carbonyl (C=O) groups excluding carboxylic acids is 1. The molecule has 0 spiro atoms. The Labute approximate surface area is 140 Å². The number of rotatable bonds is 3.